The van der Waals surface area contributed by atoms with Gasteiger partial charge in [-0.3, -0.25) is 0 Å². The first kappa shape index (κ1) is 19.0. The molecule has 0 saturated carbocycles. The zero-order chi connectivity index (χ0) is 19.1. The van der Waals surface area contributed by atoms with Crippen LogP contribution in [-0.4, -0.2) is 32.2 Å². The Balaban J connectivity index is 1.70. The van der Waals surface area contributed by atoms with Crippen molar-refractivity contribution in [2.24, 2.45) is 0 Å². The van der Waals surface area contributed by atoms with E-state index in [0.29, 0.717) is 27.1 Å². The Bertz CT molecular complexity index is 895. The van der Waals surface area contributed by atoms with Crippen molar-refractivity contribution in [2.75, 3.05) is 12.4 Å². The van der Waals surface area contributed by atoms with Crippen molar-refractivity contribution in [3.63, 3.8) is 0 Å². The summed E-state index contributed by atoms with van der Waals surface area (Å²) < 4.78 is 5.26. The van der Waals surface area contributed by atoms with Crippen molar-refractivity contribution in [1.29, 1.82) is 0 Å². The number of anilines is 1. The Kier molecular flexibility index (Phi) is 6.50. The molecule has 0 amide bonds. The maximum absolute atomic E-state index is 5.39. The molecule has 0 aliphatic carbocycles. The van der Waals surface area contributed by atoms with Gasteiger partial charge in [0.1, 0.15) is 5.03 Å². The highest BCUT2D eigenvalue weighted by molar-refractivity contribution is 7.99. The highest BCUT2D eigenvalue weighted by Crippen LogP contribution is 2.26. The average molecular weight is 399 g/mol. The number of rotatable bonds is 6. The molecule has 0 unspecified atom stereocenters. The third-order valence-corrected chi connectivity index (χ3v) is 4.53. The minimum absolute atomic E-state index is 0.0448. The molecule has 0 aliphatic rings. The summed E-state index contributed by atoms with van der Waals surface area (Å²) in [6.45, 7) is 2.03. The minimum atomic E-state index is 0.0448. The van der Waals surface area contributed by atoms with Crippen molar-refractivity contribution in [1.82, 2.24) is 25.3 Å². The molecule has 7 nitrogen and oxygen atoms in total. The molecule has 0 spiro atoms. The molecule has 9 heteroatoms. The standard InChI is InChI=1S/C18H18N6OS2/c1-12(13-7-4-3-5-8-13)21-17(26)24-16-22-14(25-2)11-15(23-16)27-18-19-9-6-10-20-18/h3-12H,1-2H3,(H2,21,22,23,24,26)/t12-/m0/s1. The second-order valence-corrected chi connectivity index (χ2v) is 6.83. The molecule has 1 aromatic carbocycles. The zero-order valence-electron chi connectivity index (χ0n) is 14.8. The molecular weight excluding hydrogens is 380 g/mol. The van der Waals surface area contributed by atoms with Gasteiger partial charge in [-0.2, -0.15) is 4.98 Å². The van der Waals surface area contributed by atoms with Crippen molar-refractivity contribution in [3.05, 3.63) is 60.4 Å². The molecule has 1 atom stereocenters. The summed E-state index contributed by atoms with van der Waals surface area (Å²) in [6.07, 6.45) is 3.36. The van der Waals surface area contributed by atoms with Crippen molar-refractivity contribution >= 4 is 35.0 Å². The second-order valence-electron chi connectivity index (χ2n) is 5.44. The number of hydrogen-bond donors (Lipinski definition) is 2. The van der Waals surface area contributed by atoms with E-state index in [1.807, 2.05) is 37.3 Å². The van der Waals surface area contributed by atoms with Gasteiger partial charge in [-0.1, -0.05) is 30.3 Å². The van der Waals surface area contributed by atoms with Crippen LogP contribution in [-0.2, 0) is 0 Å². The van der Waals surface area contributed by atoms with Crippen LogP contribution in [0, 0.1) is 0 Å². The first-order valence-corrected chi connectivity index (χ1v) is 9.37. The summed E-state index contributed by atoms with van der Waals surface area (Å²) in [5, 5.41) is 7.88. The van der Waals surface area contributed by atoms with Crippen LogP contribution < -0.4 is 15.4 Å². The highest BCUT2D eigenvalue weighted by Gasteiger charge is 2.11. The van der Waals surface area contributed by atoms with Crippen LogP contribution >= 0.6 is 24.0 Å². The Morgan fingerprint density at radius 3 is 2.56 bits per heavy atom. The molecule has 0 aliphatic heterocycles. The lowest BCUT2D eigenvalue weighted by atomic mass is 10.1. The molecule has 2 N–H and O–H groups in total. The first-order valence-electron chi connectivity index (χ1n) is 8.14. The Labute approximate surface area is 167 Å². The lowest BCUT2D eigenvalue weighted by Gasteiger charge is -2.17. The molecule has 0 bridgehead atoms. The van der Waals surface area contributed by atoms with Gasteiger partial charge in [0, 0.05) is 18.5 Å². The van der Waals surface area contributed by atoms with Gasteiger partial charge in [-0.05, 0) is 42.5 Å². The van der Waals surface area contributed by atoms with E-state index in [1.165, 1.54) is 11.8 Å². The predicted molar refractivity (Wildman–Crippen MR) is 109 cm³/mol. The maximum Gasteiger partial charge on any atom is 0.233 e. The van der Waals surface area contributed by atoms with Gasteiger partial charge < -0.3 is 15.4 Å². The van der Waals surface area contributed by atoms with Crippen LogP contribution in [0.4, 0.5) is 5.95 Å². The summed E-state index contributed by atoms with van der Waals surface area (Å²) in [5.74, 6) is 0.760. The topological polar surface area (TPSA) is 84.9 Å². The first-order chi connectivity index (χ1) is 13.1. The quantitative estimate of drug-likeness (QED) is 0.368. The molecule has 2 heterocycles. The number of aromatic nitrogens is 4. The minimum Gasteiger partial charge on any atom is -0.481 e. The van der Waals surface area contributed by atoms with Crippen molar-refractivity contribution < 1.29 is 4.74 Å². The van der Waals surface area contributed by atoms with Crippen molar-refractivity contribution in [3.8, 4) is 5.88 Å². The molecule has 3 aromatic rings. The normalized spacial score (nSPS) is 11.5. The number of methoxy groups -OCH3 is 1. The van der Waals surface area contributed by atoms with E-state index in [9.17, 15) is 0 Å². The van der Waals surface area contributed by atoms with Crippen LogP contribution in [0.1, 0.15) is 18.5 Å². The monoisotopic (exact) mass is 398 g/mol. The largest absolute Gasteiger partial charge is 0.481 e. The molecule has 138 valence electrons. The summed E-state index contributed by atoms with van der Waals surface area (Å²) in [6, 6.07) is 13.6. The SMILES string of the molecule is COc1cc(Sc2ncccn2)nc(NC(=S)N[C@@H](C)c2ccccc2)n1. The molecule has 0 saturated heterocycles. The van der Waals surface area contributed by atoms with Crippen molar-refractivity contribution in [2.45, 2.75) is 23.1 Å². The van der Waals surface area contributed by atoms with Gasteiger partial charge >= 0.3 is 0 Å². The summed E-state index contributed by atoms with van der Waals surface area (Å²) in [5.41, 5.74) is 1.13. The van der Waals surface area contributed by atoms with Crippen LogP contribution in [0.3, 0.4) is 0 Å². The zero-order valence-corrected chi connectivity index (χ0v) is 16.4. The second kappa shape index (κ2) is 9.24. The fourth-order valence-corrected chi connectivity index (χ4v) is 3.18. The average Bonchev–Trinajstić information content (AvgIpc) is 2.69. The molecule has 3 rings (SSSR count). The highest BCUT2D eigenvalue weighted by atomic mass is 32.2. The van der Waals surface area contributed by atoms with Gasteiger partial charge in [0.15, 0.2) is 10.3 Å². The fraction of sp³-hybridized carbons (Fsp3) is 0.167. The Hall–Kier alpha value is -2.78. The third kappa shape index (κ3) is 5.60. The smallest absolute Gasteiger partial charge is 0.233 e. The van der Waals surface area contributed by atoms with E-state index >= 15 is 0 Å². The lowest BCUT2D eigenvalue weighted by Crippen LogP contribution is -2.31. The molecule has 2 aromatic heterocycles. The van der Waals surface area contributed by atoms with Gasteiger partial charge in [0.2, 0.25) is 11.8 Å². The predicted octanol–water partition coefficient (Wildman–Crippen LogP) is 3.47. The van der Waals surface area contributed by atoms with Crippen LogP contribution in [0.25, 0.3) is 0 Å². The van der Waals surface area contributed by atoms with Crippen LogP contribution in [0.2, 0.25) is 0 Å². The van der Waals surface area contributed by atoms with E-state index in [1.54, 1.807) is 31.6 Å². The maximum atomic E-state index is 5.39. The van der Waals surface area contributed by atoms with E-state index in [0.717, 1.165) is 5.56 Å². The lowest BCUT2D eigenvalue weighted by molar-refractivity contribution is 0.396. The number of nitrogens with zero attached hydrogens (tertiary/aromatic N) is 4. The number of thiocarbonyl (C=S) groups is 1. The van der Waals surface area contributed by atoms with Crippen LogP contribution in [0.15, 0.2) is 65.0 Å². The molecular formula is C18H18N6OS2. The van der Waals surface area contributed by atoms with Gasteiger partial charge in [0.25, 0.3) is 0 Å². The number of ether oxygens (including phenoxy) is 1. The summed E-state index contributed by atoms with van der Waals surface area (Å²) in [7, 11) is 1.55. The summed E-state index contributed by atoms with van der Waals surface area (Å²) in [4.78, 5) is 17.1. The van der Waals surface area contributed by atoms with Crippen LogP contribution in [0.5, 0.6) is 5.88 Å². The fourth-order valence-electron chi connectivity index (χ4n) is 2.21. The molecule has 27 heavy (non-hydrogen) atoms. The summed E-state index contributed by atoms with van der Waals surface area (Å²) >= 11 is 6.70. The van der Waals surface area contributed by atoms with Gasteiger partial charge in [-0.25, -0.2) is 15.0 Å². The third-order valence-electron chi connectivity index (χ3n) is 3.50. The van der Waals surface area contributed by atoms with E-state index in [4.69, 9.17) is 17.0 Å². The number of benzene rings is 1. The van der Waals surface area contributed by atoms with E-state index in [2.05, 4.69) is 30.6 Å². The van der Waals surface area contributed by atoms with Gasteiger partial charge in [-0.15, -0.1) is 0 Å². The number of nitrogens with one attached hydrogen (secondary N) is 2. The van der Waals surface area contributed by atoms with E-state index < -0.39 is 0 Å². The molecule has 0 radical (unpaired) electrons. The molecule has 0 fully saturated rings. The number of hydrogen-bond acceptors (Lipinski definition) is 7. The Morgan fingerprint density at radius 2 is 1.85 bits per heavy atom. The van der Waals surface area contributed by atoms with E-state index in [-0.39, 0.29) is 6.04 Å². The van der Waals surface area contributed by atoms with Gasteiger partial charge in [0.05, 0.1) is 13.2 Å². The Morgan fingerprint density at radius 1 is 1.11 bits per heavy atom.